The van der Waals surface area contributed by atoms with Gasteiger partial charge < -0.3 is 0 Å². The van der Waals surface area contributed by atoms with Gasteiger partial charge in [-0.25, -0.2) is 18.4 Å². The van der Waals surface area contributed by atoms with Crippen molar-refractivity contribution in [3.63, 3.8) is 0 Å². The molecule has 2 aromatic heterocycles. The van der Waals surface area contributed by atoms with Crippen LogP contribution in [0.15, 0.2) is 78.1 Å². The Hall–Kier alpha value is -3.19. The van der Waals surface area contributed by atoms with Gasteiger partial charge in [0.2, 0.25) is 5.78 Å². The first-order chi connectivity index (χ1) is 12.5. The quantitative estimate of drug-likeness (QED) is 0.601. The number of hydrogen-bond donors (Lipinski definition) is 1. The maximum Gasteiger partial charge on any atom is 0.261 e. The predicted octanol–water partition coefficient (Wildman–Crippen LogP) is 3.51. The van der Waals surface area contributed by atoms with Gasteiger partial charge in [0.05, 0.1) is 10.6 Å². The molecular weight excluding hydrogens is 348 g/mol. The molecule has 2 aromatic carbocycles. The van der Waals surface area contributed by atoms with Crippen LogP contribution in [0.3, 0.4) is 0 Å². The Kier molecular flexibility index (Phi) is 3.93. The van der Waals surface area contributed by atoms with Crippen molar-refractivity contribution in [2.45, 2.75) is 11.8 Å². The molecule has 7 heteroatoms. The Morgan fingerprint density at radius 2 is 1.88 bits per heavy atom. The lowest BCUT2D eigenvalue weighted by atomic mass is 10.1. The molecule has 0 bridgehead atoms. The van der Waals surface area contributed by atoms with Crippen molar-refractivity contribution < 1.29 is 8.42 Å². The molecule has 4 rings (SSSR count). The van der Waals surface area contributed by atoms with E-state index in [1.807, 2.05) is 41.9 Å². The van der Waals surface area contributed by atoms with Crippen molar-refractivity contribution in [3.8, 4) is 11.3 Å². The standard InChI is InChI=1S/C19H16N4O2S/c1-14-5-2-8-17(11-14)26(24,25)22-16-7-3-6-15(12-16)18-13-23-10-4-9-20-19(23)21-18/h2-13,22H,1H3. The maximum absolute atomic E-state index is 12.6. The lowest BCUT2D eigenvalue weighted by molar-refractivity contribution is 0.601. The van der Waals surface area contributed by atoms with Crippen molar-refractivity contribution in [2.24, 2.45) is 0 Å². The molecule has 130 valence electrons. The second kappa shape index (κ2) is 6.27. The highest BCUT2D eigenvalue weighted by Crippen LogP contribution is 2.24. The summed E-state index contributed by atoms with van der Waals surface area (Å²) in [6.07, 6.45) is 5.40. The Morgan fingerprint density at radius 3 is 2.69 bits per heavy atom. The minimum absolute atomic E-state index is 0.236. The number of nitrogens with zero attached hydrogens (tertiary/aromatic N) is 3. The van der Waals surface area contributed by atoms with Crippen molar-refractivity contribution in [3.05, 3.63) is 78.8 Å². The van der Waals surface area contributed by atoms with E-state index in [-0.39, 0.29) is 4.90 Å². The van der Waals surface area contributed by atoms with E-state index in [0.29, 0.717) is 11.5 Å². The fourth-order valence-corrected chi connectivity index (χ4v) is 3.86. The van der Waals surface area contributed by atoms with Gasteiger partial charge in [0.15, 0.2) is 0 Å². The molecule has 0 saturated heterocycles. The summed E-state index contributed by atoms with van der Waals surface area (Å²) < 4.78 is 29.6. The van der Waals surface area contributed by atoms with Crippen LogP contribution in [-0.2, 0) is 10.0 Å². The molecular formula is C19H16N4O2S. The van der Waals surface area contributed by atoms with Gasteiger partial charge in [-0.3, -0.25) is 9.12 Å². The highest BCUT2D eigenvalue weighted by Gasteiger charge is 2.15. The van der Waals surface area contributed by atoms with Gasteiger partial charge in [-0.1, -0.05) is 24.3 Å². The molecule has 0 spiro atoms. The van der Waals surface area contributed by atoms with Crippen LogP contribution in [0, 0.1) is 6.92 Å². The number of sulfonamides is 1. The summed E-state index contributed by atoms with van der Waals surface area (Å²) in [5.41, 5.74) is 2.90. The first-order valence-corrected chi connectivity index (χ1v) is 9.49. The maximum atomic E-state index is 12.6. The number of benzene rings is 2. The van der Waals surface area contributed by atoms with Crippen LogP contribution in [0.25, 0.3) is 17.0 Å². The van der Waals surface area contributed by atoms with Gasteiger partial charge in [0.1, 0.15) is 0 Å². The smallest absolute Gasteiger partial charge is 0.261 e. The SMILES string of the molecule is Cc1cccc(S(=O)(=O)Nc2cccc(-c3cn4cccnc4n3)c2)c1. The third-order valence-corrected chi connectivity index (χ3v) is 5.32. The topological polar surface area (TPSA) is 76.4 Å². The van der Waals surface area contributed by atoms with Gasteiger partial charge in [-0.15, -0.1) is 0 Å². The molecule has 0 aliphatic carbocycles. The second-order valence-electron chi connectivity index (χ2n) is 5.96. The summed E-state index contributed by atoms with van der Waals surface area (Å²) in [4.78, 5) is 8.90. The largest absolute Gasteiger partial charge is 0.291 e. The van der Waals surface area contributed by atoms with Crippen LogP contribution in [0.4, 0.5) is 5.69 Å². The van der Waals surface area contributed by atoms with E-state index in [1.165, 1.54) is 0 Å². The summed E-state index contributed by atoms with van der Waals surface area (Å²) in [5.74, 6) is 0.591. The number of aromatic nitrogens is 3. The average molecular weight is 364 g/mol. The Labute approximate surface area is 151 Å². The minimum Gasteiger partial charge on any atom is -0.291 e. The monoisotopic (exact) mass is 364 g/mol. The van der Waals surface area contributed by atoms with Crippen LogP contribution in [-0.4, -0.2) is 22.8 Å². The average Bonchev–Trinajstić information content (AvgIpc) is 3.06. The molecule has 26 heavy (non-hydrogen) atoms. The van der Waals surface area contributed by atoms with Crippen LogP contribution < -0.4 is 4.72 Å². The van der Waals surface area contributed by atoms with Crippen molar-refractivity contribution in [1.82, 2.24) is 14.4 Å². The zero-order chi connectivity index (χ0) is 18.1. The number of imidazole rings is 1. The lowest BCUT2D eigenvalue weighted by Gasteiger charge is -2.09. The van der Waals surface area contributed by atoms with E-state index in [2.05, 4.69) is 14.7 Å². The molecule has 1 N–H and O–H groups in total. The lowest BCUT2D eigenvalue weighted by Crippen LogP contribution is -2.13. The third-order valence-electron chi connectivity index (χ3n) is 3.95. The van der Waals surface area contributed by atoms with Gasteiger partial charge in [0, 0.05) is 29.8 Å². The van der Waals surface area contributed by atoms with Crippen LogP contribution in [0.2, 0.25) is 0 Å². The first-order valence-electron chi connectivity index (χ1n) is 8.01. The van der Waals surface area contributed by atoms with Crippen LogP contribution in [0.5, 0.6) is 0 Å². The molecule has 2 heterocycles. The van der Waals surface area contributed by atoms with E-state index >= 15 is 0 Å². The summed E-state index contributed by atoms with van der Waals surface area (Å²) in [6, 6.07) is 15.8. The van der Waals surface area contributed by atoms with E-state index in [1.54, 1.807) is 42.6 Å². The summed E-state index contributed by atoms with van der Waals surface area (Å²) in [6.45, 7) is 1.86. The van der Waals surface area contributed by atoms with Gasteiger partial charge in [-0.2, -0.15) is 0 Å². The van der Waals surface area contributed by atoms with E-state index in [0.717, 1.165) is 16.8 Å². The molecule has 0 atom stereocenters. The Morgan fingerprint density at radius 1 is 1.04 bits per heavy atom. The van der Waals surface area contributed by atoms with E-state index < -0.39 is 10.0 Å². The zero-order valence-electron chi connectivity index (χ0n) is 14.0. The number of nitrogens with one attached hydrogen (secondary N) is 1. The fourth-order valence-electron chi connectivity index (χ4n) is 2.71. The highest BCUT2D eigenvalue weighted by atomic mass is 32.2. The second-order valence-corrected chi connectivity index (χ2v) is 7.64. The number of anilines is 1. The molecule has 0 amide bonds. The zero-order valence-corrected chi connectivity index (χ0v) is 14.8. The summed E-state index contributed by atoms with van der Waals surface area (Å²) in [7, 11) is -3.65. The van der Waals surface area contributed by atoms with Crippen LogP contribution >= 0.6 is 0 Å². The summed E-state index contributed by atoms with van der Waals surface area (Å²) in [5, 5.41) is 0. The van der Waals surface area contributed by atoms with Gasteiger partial charge in [-0.05, 0) is 42.8 Å². The Bertz CT molecular complexity index is 1170. The molecule has 0 unspecified atom stereocenters. The molecule has 0 saturated carbocycles. The van der Waals surface area contributed by atoms with Crippen molar-refractivity contribution in [1.29, 1.82) is 0 Å². The number of hydrogen-bond acceptors (Lipinski definition) is 4. The summed E-state index contributed by atoms with van der Waals surface area (Å²) >= 11 is 0. The minimum atomic E-state index is -3.65. The van der Waals surface area contributed by atoms with E-state index in [4.69, 9.17) is 0 Å². The first kappa shape index (κ1) is 16.3. The number of rotatable bonds is 4. The van der Waals surface area contributed by atoms with E-state index in [9.17, 15) is 8.42 Å². The number of fused-ring (bicyclic) bond motifs is 1. The van der Waals surface area contributed by atoms with Gasteiger partial charge in [0.25, 0.3) is 10.0 Å². The highest BCUT2D eigenvalue weighted by molar-refractivity contribution is 7.92. The van der Waals surface area contributed by atoms with Crippen LogP contribution in [0.1, 0.15) is 5.56 Å². The Balaban J connectivity index is 1.67. The third kappa shape index (κ3) is 3.16. The van der Waals surface area contributed by atoms with Crippen molar-refractivity contribution >= 4 is 21.5 Å². The molecule has 0 radical (unpaired) electrons. The molecule has 0 fully saturated rings. The molecule has 0 aliphatic heterocycles. The van der Waals surface area contributed by atoms with Gasteiger partial charge >= 0.3 is 0 Å². The number of aryl methyl sites for hydroxylation is 1. The normalized spacial score (nSPS) is 11.6. The van der Waals surface area contributed by atoms with Crippen molar-refractivity contribution in [2.75, 3.05) is 4.72 Å². The molecule has 0 aliphatic rings. The fraction of sp³-hybridized carbons (Fsp3) is 0.0526. The predicted molar refractivity (Wildman–Crippen MR) is 100 cm³/mol. The molecule has 6 nitrogen and oxygen atoms in total. The molecule has 4 aromatic rings.